The van der Waals surface area contributed by atoms with Crippen molar-refractivity contribution >= 4 is 37.5 Å². The third-order valence-electron chi connectivity index (χ3n) is 2.43. The van der Waals surface area contributed by atoms with E-state index in [-0.39, 0.29) is 6.54 Å². The Labute approximate surface area is 120 Å². The van der Waals surface area contributed by atoms with E-state index >= 15 is 0 Å². The second kappa shape index (κ2) is 5.80. The van der Waals surface area contributed by atoms with Crippen molar-refractivity contribution in [3.8, 4) is 0 Å². The van der Waals surface area contributed by atoms with Crippen LogP contribution in [0.15, 0.2) is 45.3 Å². The molecule has 0 aliphatic heterocycles. The zero-order valence-electron chi connectivity index (χ0n) is 9.18. The third kappa shape index (κ3) is 3.09. The molecule has 0 radical (unpaired) electrons. The van der Waals surface area contributed by atoms with E-state index in [1.165, 1.54) is 12.1 Å². The summed E-state index contributed by atoms with van der Waals surface area (Å²) in [5.74, 6) is -1.12. The van der Waals surface area contributed by atoms with Crippen molar-refractivity contribution < 1.29 is 8.78 Å². The Balaban J connectivity index is 2.16. The van der Waals surface area contributed by atoms with Crippen LogP contribution >= 0.6 is 31.9 Å². The molecule has 0 saturated heterocycles. The van der Waals surface area contributed by atoms with Crippen molar-refractivity contribution in [2.75, 3.05) is 5.32 Å². The third-order valence-corrected chi connectivity index (χ3v) is 3.76. The molecule has 1 N–H and O–H groups in total. The van der Waals surface area contributed by atoms with Gasteiger partial charge in [0, 0.05) is 27.1 Å². The summed E-state index contributed by atoms with van der Waals surface area (Å²) in [4.78, 5) is 0. The lowest BCUT2D eigenvalue weighted by molar-refractivity contribution is 0.574. The fourth-order valence-electron chi connectivity index (χ4n) is 1.52. The number of para-hydroxylation sites is 1. The lowest BCUT2D eigenvalue weighted by Crippen LogP contribution is -2.03. The molecular formula is C13H9Br2F2N. The fourth-order valence-corrected chi connectivity index (χ4v) is 2.79. The van der Waals surface area contributed by atoms with Crippen molar-refractivity contribution in [2.24, 2.45) is 0 Å². The van der Waals surface area contributed by atoms with Gasteiger partial charge in [-0.05, 0) is 50.1 Å². The average Bonchev–Trinajstić information content (AvgIpc) is 2.31. The van der Waals surface area contributed by atoms with Gasteiger partial charge in [0.1, 0.15) is 11.6 Å². The van der Waals surface area contributed by atoms with Crippen LogP contribution in [-0.4, -0.2) is 0 Å². The molecule has 0 aromatic heterocycles. The number of nitrogens with one attached hydrogen (secondary N) is 1. The Kier molecular flexibility index (Phi) is 4.35. The Morgan fingerprint density at radius 2 is 1.67 bits per heavy atom. The minimum absolute atomic E-state index is 0.285. The predicted molar refractivity (Wildman–Crippen MR) is 75.5 cm³/mol. The summed E-state index contributed by atoms with van der Waals surface area (Å²) in [5, 5.41) is 3.10. The molecule has 0 heterocycles. The number of anilines is 1. The van der Waals surface area contributed by atoms with Gasteiger partial charge in [0.15, 0.2) is 0 Å². The number of rotatable bonds is 3. The molecule has 94 valence electrons. The Morgan fingerprint density at radius 3 is 2.28 bits per heavy atom. The van der Waals surface area contributed by atoms with E-state index in [1.807, 2.05) is 18.2 Å². The standard InChI is InChI=1S/C13H9Br2F2N/c14-10-2-1-3-11(15)13(10)18-7-8-4-5-9(16)6-12(8)17/h1-6,18H,7H2. The van der Waals surface area contributed by atoms with Crippen molar-refractivity contribution in [2.45, 2.75) is 6.54 Å². The van der Waals surface area contributed by atoms with Crippen LogP contribution in [0.25, 0.3) is 0 Å². The SMILES string of the molecule is Fc1ccc(CNc2c(Br)cccc2Br)c(F)c1. The first kappa shape index (κ1) is 13.5. The molecule has 2 rings (SSSR count). The number of benzene rings is 2. The minimum Gasteiger partial charge on any atom is -0.379 e. The second-order valence-electron chi connectivity index (χ2n) is 3.69. The van der Waals surface area contributed by atoms with Gasteiger partial charge in [-0.1, -0.05) is 12.1 Å². The van der Waals surface area contributed by atoms with Crippen LogP contribution < -0.4 is 5.32 Å². The number of hydrogen-bond donors (Lipinski definition) is 1. The molecule has 0 unspecified atom stereocenters. The van der Waals surface area contributed by atoms with Crippen LogP contribution in [0, 0.1) is 11.6 Å². The smallest absolute Gasteiger partial charge is 0.131 e. The maximum absolute atomic E-state index is 13.5. The van der Waals surface area contributed by atoms with Crippen molar-refractivity contribution in [3.05, 3.63) is 62.5 Å². The van der Waals surface area contributed by atoms with Gasteiger partial charge in [0.2, 0.25) is 0 Å². The van der Waals surface area contributed by atoms with E-state index in [9.17, 15) is 8.78 Å². The van der Waals surface area contributed by atoms with Crippen molar-refractivity contribution in [3.63, 3.8) is 0 Å². The molecule has 0 saturated carbocycles. The van der Waals surface area contributed by atoms with Crippen molar-refractivity contribution in [1.29, 1.82) is 0 Å². The Hall–Kier alpha value is -0.940. The van der Waals surface area contributed by atoms with Crippen LogP contribution in [0.4, 0.5) is 14.5 Å². The summed E-state index contributed by atoms with van der Waals surface area (Å²) in [6, 6.07) is 9.21. The largest absolute Gasteiger partial charge is 0.379 e. The van der Waals surface area contributed by atoms with Crippen LogP contribution in [0.3, 0.4) is 0 Å². The normalized spacial score (nSPS) is 10.4. The molecular weight excluding hydrogens is 368 g/mol. The van der Waals surface area contributed by atoms with E-state index in [4.69, 9.17) is 0 Å². The highest BCUT2D eigenvalue weighted by Crippen LogP contribution is 2.31. The summed E-state index contributed by atoms with van der Waals surface area (Å²) in [6.45, 7) is 0.285. The molecule has 0 aliphatic rings. The number of hydrogen-bond acceptors (Lipinski definition) is 1. The summed E-state index contributed by atoms with van der Waals surface area (Å²) >= 11 is 6.81. The van der Waals surface area contributed by atoms with E-state index in [0.717, 1.165) is 20.7 Å². The van der Waals surface area contributed by atoms with Crippen LogP contribution in [0.1, 0.15) is 5.56 Å². The first-order valence-corrected chi connectivity index (χ1v) is 6.78. The quantitative estimate of drug-likeness (QED) is 0.785. The zero-order valence-corrected chi connectivity index (χ0v) is 12.4. The first-order chi connectivity index (χ1) is 8.58. The topological polar surface area (TPSA) is 12.0 Å². The molecule has 0 fully saturated rings. The van der Waals surface area contributed by atoms with E-state index < -0.39 is 11.6 Å². The van der Waals surface area contributed by atoms with Gasteiger partial charge in [-0.3, -0.25) is 0 Å². The van der Waals surface area contributed by atoms with Gasteiger partial charge >= 0.3 is 0 Å². The summed E-state index contributed by atoms with van der Waals surface area (Å²) in [7, 11) is 0. The van der Waals surface area contributed by atoms with Crippen LogP contribution in [0.5, 0.6) is 0 Å². The Morgan fingerprint density at radius 1 is 1.00 bits per heavy atom. The highest BCUT2D eigenvalue weighted by Gasteiger charge is 2.07. The Bertz CT molecular complexity index is 553. The van der Waals surface area contributed by atoms with Crippen LogP contribution in [-0.2, 0) is 6.54 Å². The molecule has 0 spiro atoms. The minimum atomic E-state index is -0.571. The first-order valence-electron chi connectivity index (χ1n) is 5.20. The molecule has 0 bridgehead atoms. The highest BCUT2D eigenvalue weighted by molar-refractivity contribution is 9.11. The molecule has 0 atom stereocenters. The molecule has 0 aliphatic carbocycles. The molecule has 0 amide bonds. The average molecular weight is 377 g/mol. The fraction of sp³-hybridized carbons (Fsp3) is 0.0769. The molecule has 2 aromatic carbocycles. The molecule has 18 heavy (non-hydrogen) atoms. The van der Waals surface area contributed by atoms with Gasteiger partial charge in [-0.2, -0.15) is 0 Å². The lowest BCUT2D eigenvalue weighted by Gasteiger charge is -2.11. The maximum atomic E-state index is 13.5. The number of halogens is 4. The monoisotopic (exact) mass is 375 g/mol. The lowest BCUT2D eigenvalue weighted by atomic mass is 10.2. The molecule has 5 heteroatoms. The summed E-state index contributed by atoms with van der Waals surface area (Å²) in [6.07, 6.45) is 0. The van der Waals surface area contributed by atoms with Gasteiger partial charge in [0.05, 0.1) is 5.69 Å². The van der Waals surface area contributed by atoms with E-state index in [0.29, 0.717) is 5.56 Å². The van der Waals surface area contributed by atoms with Gasteiger partial charge in [-0.15, -0.1) is 0 Å². The van der Waals surface area contributed by atoms with E-state index in [1.54, 1.807) is 0 Å². The zero-order chi connectivity index (χ0) is 13.1. The van der Waals surface area contributed by atoms with Gasteiger partial charge < -0.3 is 5.32 Å². The van der Waals surface area contributed by atoms with Crippen LogP contribution in [0.2, 0.25) is 0 Å². The maximum Gasteiger partial charge on any atom is 0.131 e. The van der Waals surface area contributed by atoms with Crippen molar-refractivity contribution in [1.82, 2.24) is 0 Å². The van der Waals surface area contributed by atoms with Gasteiger partial charge in [-0.25, -0.2) is 8.78 Å². The summed E-state index contributed by atoms with van der Waals surface area (Å²) in [5.41, 5.74) is 1.25. The molecule has 2 aromatic rings. The van der Waals surface area contributed by atoms with E-state index in [2.05, 4.69) is 37.2 Å². The predicted octanol–water partition coefficient (Wildman–Crippen LogP) is 5.10. The molecule has 1 nitrogen and oxygen atoms in total. The van der Waals surface area contributed by atoms with Gasteiger partial charge in [0.25, 0.3) is 0 Å². The second-order valence-corrected chi connectivity index (χ2v) is 5.39. The summed E-state index contributed by atoms with van der Waals surface area (Å²) < 4.78 is 28.0. The highest BCUT2D eigenvalue weighted by atomic mass is 79.9.